The zero-order valence-electron chi connectivity index (χ0n) is 22.3. The molecule has 1 fully saturated rings. The number of anilines is 2. The maximum absolute atomic E-state index is 13.1. The largest absolute Gasteiger partial charge is 0.497 e. The highest BCUT2D eigenvalue weighted by Crippen LogP contribution is 2.31. The maximum Gasteiger partial charge on any atom is 0.262 e. The van der Waals surface area contributed by atoms with Crippen LogP contribution >= 0.6 is 23.2 Å². The standard InChI is InChI=1S/C27H29Cl2N3O7S2/c1-38-21-8-12-26(39-2)25(15-21)31-41(36,37)22-9-6-20(7-10-22)30-27(33)19-4-3-13-32(16-19)40(34,35)17-18-5-11-23(28)24(29)14-18/h5-12,14-15,19,31H,3-4,13,16-17H2,1-2H3,(H,30,33). The first-order valence-corrected chi connectivity index (χ1v) is 16.3. The lowest BCUT2D eigenvalue weighted by Crippen LogP contribution is -2.44. The highest BCUT2D eigenvalue weighted by atomic mass is 35.5. The van der Waals surface area contributed by atoms with Crippen molar-refractivity contribution in [3.05, 3.63) is 76.3 Å². The van der Waals surface area contributed by atoms with Gasteiger partial charge in [0.2, 0.25) is 15.9 Å². The van der Waals surface area contributed by atoms with Crippen LogP contribution in [0.5, 0.6) is 11.5 Å². The van der Waals surface area contributed by atoms with Crippen molar-refractivity contribution >= 4 is 60.5 Å². The molecule has 0 spiro atoms. The molecular weight excluding hydrogens is 613 g/mol. The zero-order valence-corrected chi connectivity index (χ0v) is 25.4. The molecule has 2 N–H and O–H groups in total. The van der Waals surface area contributed by atoms with Crippen molar-refractivity contribution in [1.82, 2.24) is 4.31 Å². The quantitative estimate of drug-likeness (QED) is 0.319. The van der Waals surface area contributed by atoms with E-state index in [1.165, 1.54) is 54.9 Å². The highest BCUT2D eigenvalue weighted by Gasteiger charge is 2.32. The normalized spacial score (nSPS) is 16.1. The van der Waals surface area contributed by atoms with Crippen LogP contribution in [0.3, 0.4) is 0 Å². The van der Waals surface area contributed by atoms with E-state index in [4.69, 9.17) is 32.7 Å². The lowest BCUT2D eigenvalue weighted by atomic mass is 9.99. The van der Waals surface area contributed by atoms with Gasteiger partial charge in [-0.25, -0.2) is 21.1 Å². The van der Waals surface area contributed by atoms with Gasteiger partial charge in [-0.15, -0.1) is 0 Å². The lowest BCUT2D eigenvalue weighted by molar-refractivity contribution is -0.120. The van der Waals surface area contributed by atoms with Crippen LogP contribution in [0.2, 0.25) is 10.0 Å². The second-order valence-electron chi connectivity index (χ2n) is 9.39. The average molecular weight is 643 g/mol. The van der Waals surface area contributed by atoms with Crippen molar-refractivity contribution in [2.45, 2.75) is 23.5 Å². The van der Waals surface area contributed by atoms with Crippen LogP contribution in [0.15, 0.2) is 65.6 Å². The summed E-state index contributed by atoms with van der Waals surface area (Å²) in [6, 6.07) is 15.1. The van der Waals surface area contributed by atoms with Gasteiger partial charge in [-0.1, -0.05) is 29.3 Å². The van der Waals surface area contributed by atoms with E-state index in [0.29, 0.717) is 47.2 Å². The number of halogens is 2. The molecule has 0 saturated carbocycles. The number of piperidine rings is 1. The van der Waals surface area contributed by atoms with E-state index < -0.39 is 26.0 Å². The molecule has 1 amide bonds. The third-order valence-corrected chi connectivity index (χ3v) is 10.5. The highest BCUT2D eigenvalue weighted by molar-refractivity contribution is 7.92. The van der Waals surface area contributed by atoms with Gasteiger partial charge in [-0.05, 0) is 66.9 Å². The number of hydrogen-bond donors (Lipinski definition) is 2. The van der Waals surface area contributed by atoms with Gasteiger partial charge in [-0.3, -0.25) is 9.52 Å². The van der Waals surface area contributed by atoms with Crippen LogP contribution in [0.1, 0.15) is 18.4 Å². The Hall–Kier alpha value is -3.03. The number of benzene rings is 3. The summed E-state index contributed by atoms with van der Waals surface area (Å²) in [6.07, 6.45) is 1.04. The van der Waals surface area contributed by atoms with Crippen LogP contribution < -0.4 is 19.5 Å². The zero-order chi connectivity index (χ0) is 29.8. The SMILES string of the molecule is COc1ccc(OC)c(NS(=O)(=O)c2ccc(NC(=O)C3CCCN(S(=O)(=O)Cc4ccc(Cl)c(Cl)c4)C3)cc2)c1. The van der Waals surface area contributed by atoms with E-state index in [0.717, 1.165) is 0 Å². The van der Waals surface area contributed by atoms with Crippen molar-refractivity contribution in [3.8, 4) is 11.5 Å². The van der Waals surface area contributed by atoms with Gasteiger partial charge in [0, 0.05) is 24.8 Å². The summed E-state index contributed by atoms with van der Waals surface area (Å²) < 4.78 is 66.3. The molecule has 1 atom stereocenters. The first-order chi connectivity index (χ1) is 19.4. The Morgan fingerprint density at radius 1 is 0.951 bits per heavy atom. The number of sulfonamides is 2. The minimum absolute atomic E-state index is 0.0300. The molecule has 220 valence electrons. The topological polar surface area (TPSA) is 131 Å². The number of rotatable bonds is 10. The van der Waals surface area contributed by atoms with Gasteiger partial charge in [0.15, 0.2) is 0 Å². The van der Waals surface area contributed by atoms with Gasteiger partial charge in [-0.2, -0.15) is 0 Å². The third-order valence-electron chi connectivity index (χ3n) is 6.56. The Kier molecular flexibility index (Phi) is 9.70. The van der Waals surface area contributed by atoms with Crippen molar-refractivity contribution in [2.24, 2.45) is 5.92 Å². The molecular formula is C27H29Cl2N3O7S2. The van der Waals surface area contributed by atoms with Crippen LogP contribution in [-0.4, -0.2) is 54.4 Å². The molecule has 0 radical (unpaired) electrons. The van der Waals surface area contributed by atoms with E-state index in [2.05, 4.69) is 10.0 Å². The fraction of sp³-hybridized carbons (Fsp3) is 0.296. The number of carbonyl (C=O) groups is 1. The van der Waals surface area contributed by atoms with Crippen LogP contribution in [-0.2, 0) is 30.6 Å². The Balaban J connectivity index is 1.40. The second kappa shape index (κ2) is 12.9. The molecule has 1 saturated heterocycles. The molecule has 1 heterocycles. The number of ether oxygens (including phenoxy) is 2. The number of amides is 1. The van der Waals surface area contributed by atoms with Crippen molar-refractivity contribution in [3.63, 3.8) is 0 Å². The second-order valence-corrected chi connectivity index (χ2v) is 13.9. The van der Waals surface area contributed by atoms with Crippen molar-refractivity contribution in [2.75, 3.05) is 37.3 Å². The Bertz CT molecular complexity index is 1630. The molecule has 1 unspecified atom stereocenters. The van der Waals surface area contributed by atoms with Gasteiger partial charge in [0.1, 0.15) is 11.5 Å². The summed E-state index contributed by atoms with van der Waals surface area (Å²) in [5.41, 5.74) is 1.09. The van der Waals surface area contributed by atoms with Gasteiger partial charge < -0.3 is 14.8 Å². The van der Waals surface area contributed by atoms with E-state index in [1.807, 2.05) is 0 Å². The average Bonchev–Trinajstić information content (AvgIpc) is 2.95. The van der Waals surface area contributed by atoms with Crippen LogP contribution in [0.25, 0.3) is 0 Å². The number of carbonyl (C=O) groups excluding carboxylic acids is 1. The monoisotopic (exact) mass is 641 g/mol. The number of methoxy groups -OCH3 is 2. The summed E-state index contributed by atoms with van der Waals surface area (Å²) >= 11 is 12.0. The Morgan fingerprint density at radius 3 is 2.34 bits per heavy atom. The molecule has 0 aliphatic carbocycles. The van der Waals surface area contributed by atoms with Gasteiger partial charge >= 0.3 is 0 Å². The predicted octanol–water partition coefficient (Wildman–Crippen LogP) is 4.99. The van der Waals surface area contributed by atoms with E-state index >= 15 is 0 Å². The molecule has 10 nitrogen and oxygen atoms in total. The summed E-state index contributed by atoms with van der Waals surface area (Å²) in [5.74, 6) is -0.417. The first-order valence-electron chi connectivity index (χ1n) is 12.5. The summed E-state index contributed by atoms with van der Waals surface area (Å²) in [4.78, 5) is 13.0. The van der Waals surface area contributed by atoms with Crippen LogP contribution in [0.4, 0.5) is 11.4 Å². The molecule has 41 heavy (non-hydrogen) atoms. The number of nitrogens with one attached hydrogen (secondary N) is 2. The lowest BCUT2D eigenvalue weighted by Gasteiger charge is -2.31. The summed E-state index contributed by atoms with van der Waals surface area (Å²) in [6.45, 7) is 0.347. The summed E-state index contributed by atoms with van der Waals surface area (Å²) in [5, 5.41) is 3.37. The molecule has 4 rings (SSSR count). The van der Waals surface area contributed by atoms with E-state index in [1.54, 1.807) is 24.3 Å². The number of nitrogens with zero attached hydrogens (tertiary/aromatic N) is 1. The third kappa shape index (κ3) is 7.63. The molecule has 0 aromatic heterocycles. The molecule has 0 bridgehead atoms. The van der Waals surface area contributed by atoms with Crippen molar-refractivity contribution < 1.29 is 31.1 Å². The smallest absolute Gasteiger partial charge is 0.262 e. The molecule has 1 aliphatic rings. The minimum Gasteiger partial charge on any atom is -0.497 e. The fourth-order valence-corrected chi connectivity index (χ4v) is 7.38. The van der Waals surface area contributed by atoms with E-state index in [9.17, 15) is 21.6 Å². The maximum atomic E-state index is 13.1. The molecule has 3 aromatic rings. The van der Waals surface area contributed by atoms with Gasteiger partial charge in [0.25, 0.3) is 10.0 Å². The fourth-order valence-electron chi connectivity index (χ4n) is 4.40. The van der Waals surface area contributed by atoms with Crippen LogP contribution in [0, 0.1) is 5.92 Å². The van der Waals surface area contributed by atoms with E-state index in [-0.39, 0.29) is 33.8 Å². The Labute approximate surface area is 249 Å². The number of hydrogen-bond acceptors (Lipinski definition) is 7. The molecule has 14 heteroatoms. The Morgan fingerprint density at radius 2 is 1.68 bits per heavy atom. The molecule has 3 aromatic carbocycles. The van der Waals surface area contributed by atoms with Gasteiger partial charge in [0.05, 0.1) is 46.5 Å². The predicted molar refractivity (Wildman–Crippen MR) is 159 cm³/mol. The van der Waals surface area contributed by atoms with Crippen molar-refractivity contribution in [1.29, 1.82) is 0 Å². The first kappa shape index (κ1) is 30.9. The minimum atomic E-state index is -3.98. The summed E-state index contributed by atoms with van der Waals surface area (Å²) in [7, 11) is -4.79. The molecule has 1 aliphatic heterocycles.